The molecule has 3 heterocycles. The van der Waals surface area contributed by atoms with Crippen molar-refractivity contribution in [1.82, 2.24) is 4.90 Å². The second-order valence-corrected chi connectivity index (χ2v) is 6.23. The second-order valence-electron chi connectivity index (χ2n) is 5.31. The highest BCUT2D eigenvalue weighted by atomic mass is 32.1. The van der Waals surface area contributed by atoms with Crippen molar-refractivity contribution in [2.24, 2.45) is 5.73 Å². The van der Waals surface area contributed by atoms with Gasteiger partial charge in [0.2, 0.25) is 0 Å². The fraction of sp³-hybridized carbons (Fsp3) is 0.0556. The zero-order valence-electron chi connectivity index (χ0n) is 11.8. The van der Waals surface area contributed by atoms with Gasteiger partial charge in [0.25, 0.3) is 5.91 Å². The van der Waals surface area contributed by atoms with Crippen molar-refractivity contribution in [2.75, 3.05) is 6.54 Å². The number of hydrogen-bond acceptors (Lipinski definition) is 3. The summed E-state index contributed by atoms with van der Waals surface area (Å²) in [7, 11) is 0. The van der Waals surface area contributed by atoms with Gasteiger partial charge in [0.1, 0.15) is 0 Å². The van der Waals surface area contributed by atoms with E-state index in [0.717, 1.165) is 33.8 Å². The lowest BCUT2D eigenvalue weighted by Crippen LogP contribution is -2.28. The number of hydrogen-bond donors (Lipinski definition) is 1. The first-order chi connectivity index (χ1) is 10.7. The molecule has 2 aliphatic heterocycles. The predicted molar refractivity (Wildman–Crippen MR) is 90.6 cm³/mol. The maximum Gasteiger partial charge on any atom is 0.250 e. The minimum Gasteiger partial charge on any atom is -0.366 e. The van der Waals surface area contributed by atoms with Gasteiger partial charge in [-0.1, -0.05) is 30.3 Å². The number of carbonyl (C=O) groups excluding carboxylic acids is 1. The highest BCUT2D eigenvalue weighted by Crippen LogP contribution is 2.40. The third-order valence-electron chi connectivity index (χ3n) is 3.96. The van der Waals surface area contributed by atoms with Gasteiger partial charge in [-0.2, -0.15) is 0 Å². The molecule has 0 fully saturated rings. The third-order valence-corrected chi connectivity index (χ3v) is 4.89. The average molecular weight is 306 g/mol. The summed E-state index contributed by atoms with van der Waals surface area (Å²) in [6.07, 6.45) is 6.05. The molecule has 0 radical (unpaired) electrons. The second kappa shape index (κ2) is 5.00. The maximum atomic E-state index is 12.0. The Balaban J connectivity index is 1.91. The fourth-order valence-electron chi connectivity index (χ4n) is 2.91. The van der Waals surface area contributed by atoms with E-state index >= 15 is 0 Å². The molecule has 22 heavy (non-hydrogen) atoms. The summed E-state index contributed by atoms with van der Waals surface area (Å²) >= 11 is 1.64. The normalized spacial score (nSPS) is 16.2. The van der Waals surface area contributed by atoms with Crippen molar-refractivity contribution in [3.05, 3.63) is 75.6 Å². The van der Waals surface area contributed by atoms with Crippen LogP contribution in [0.4, 0.5) is 0 Å². The van der Waals surface area contributed by atoms with Crippen LogP contribution in [0.25, 0.3) is 17.3 Å². The standard InChI is InChI=1S/C18H14N2OS/c19-18(21)15-10-14(12-4-2-1-3-5-12)11-20-8-6-13-7-9-22-17(13)16(15)20/h1-10H,11H2,(H2,19,21). The van der Waals surface area contributed by atoms with Gasteiger partial charge in [-0.15, -0.1) is 11.3 Å². The van der Waals surface area contributed by atoms with Gasteiger partial charge >= 0.3 is 0 Å². The van der Waals surface area contributed by atoms with E-state index < -0.39 is 0 Å². The van der Waals surface area contributed by atoms with Gasteiger partial charge in [0.15, 0.2) is 0 Å². The lowest BCUT2D eigenvalue weighted by Gasteiger charge is -2.32. The number of benzene rings is 1. The number of rotatable bonds is 2. The van der Waals surface area contributed by atoms with Crippen molar-refractivity contribution >= 4 is 34.6 Å². The zero-order chi connectivity index (χ0) is 15.1. The first-order valence-corrected chi connectivity index (χ1v) is 7.95. The molecule has 1 amide bonds. The van der Waals surface area contributed by atoms with Crippen LogP contribution in [0.2, 0.25) is 0 Å². The van der Waals surface area contributed by atoms with E-state index in [4.69, 9.17) is 5.73 Å². The Morgan fingerprint density at radius 1 is 1.18 bits per heavy atom. The van der Waals surface area contributed by atoms with E-state index in [1.54, 1.807) is 11.3 Å². The first kappa shape index (κ1) is 13.1. The molecule has 0 aliphatic carbocycles. The Morgan fingerprint density at radius 3 is 2.77 bits per heavy atom. The molecule has 2 aromatic rings. The molecule has 0 saturated heterocycles. The molecule has 3 nitrogen and oxygen atoms in total. The summed E-state index contributed by atoms with van der Waals surface area (Å²) in [5, 5.41) is 2.04. The summed E-state index contributed by atoms with van der Waals surface area (Å²) in [5.41, 5.74) is 10.5. The summed E-state index contributed by atoms with van der Waals surface area (Å²) in [6.45, 7) is 0.740. The molecule has 0 bridgehead atoms. The van der Waals surface area contributed by atoms with Gasteiger partial charge in [0, 0.05) is 12.7 Å². The minimum atomic E-state index is -0.386. The molecule has 2 aliphatic rings. The van der Waals surface area contributed by atoms with Crippen LogP contribution >= 0.6 is 11.3 Å². The highest BCUT2D eigenvalue weighted by Gasteiger charge is 2.28. The molecule has 1 aromatic carbocycles. The van der Waals surface area contributed by atoms with Gasteiger partial charge < -0.3 is 10.6 Å². The molecular weight excluding hydrogens is 292 g/mol. The van der Waals surface area contributed by atoms with Crippen LogP contribution in [-0.2, 0) is 4.79 Å². The van der Waals surface area contributed by atoms with Crippen LogP contribution in [0.5, 0.6) is 0 Å². The van der Waals surface area contributed by atoms with E-state index in [9.17, 15) is 4.79 Å². The fourth-order valence-corrected chi connectivity index (χ4v) is 3.88. The molecule has 4 rings (SSSR count). The third kappa shape index (κ3) is 2.00. The van der Waals surface area contributed by atoms with Crippen LogP contribution in [-0.4, -0.2) is 17.4 Å². The summed E-state index contributed by atoms with van der Waals surface area (Å²) in [4.78, 5) is 15.2. The van der Waals surface area contributed by atoms with E-state index in [1.165, 1.54) is 0 Å². The van der Waals surface area contributed by atoms with Crippen LogP contribution in [0, 0.1) is 0 Å². The van der Waals surface area contributed by atoms with Gasteiger partial charge in [0.05, 0.1) is 16.1 Å². The smallest absolute Gasteiger partial charge is 0.250 e. The molecule has 1 aromatic heterocycles. The van der Waals surface area contributed by atoms with Gasteiger partial charge in [-0.05, 0) is 40.3 Å². The molecule has 108 valence electrons. The molecule has 4 heteroatoms. The number of amides is 1. The summed E-state index contributed by atoms with van der Waals surface area (Å²) in [5.74, 6) is -0.386. The summed E-state index contributed by atoms with van der Waals surface area (Å²) < 4.78 is 0. The zero-order valence-corrected chi connectivity index (χ0v) is 12.6. The average Bonchev–Trinajstić information content (AvgIpc) is 3.03. The Kier molecular flexibility index (Phi) is 2.98. The van der Waals surface area contributed by atoms with Crippen molar-refractivity contribution in [1.29, 1.82) is 0 Å². The van der Waals surface area contributed by atoms with Crippen molar-refractivity contribution in [3.8, 4) is 0 Å². The first-order valence-electron chi connectivity index (χ1n) is 7.07. The quantitative estimate of drug-likeness (QED) is 0.925. The monoisotopic (exact) mass is 306 g/mol. The van der Waals surface area contributed by atoms with E-state index in [0.29, 0.717) is 5.57 Å². The number of nitrogens with two attached hydrogens (primary N) is 1. The van der Waals surface area contributed by atoms with Gasteiger partial charge in [-0.3, -0.25) is 4.79 Å². The topological polar surface area (TPSA) is 46.3 Å². The van der Waals surface area contributed by atoms with Crippen LogP contribution in [0.3, 0.4) is 0 Å². The molecule has 2 N–H and O–H groups in total. The number of primary amides is 1. The molecular formula is C18H14N2OS. The minimum absolute atomic E-state index is 0.386. The Bertz CT molecular complexity index is 843. The number of carbonyl (C=O) groups is 1. The molecule has 0 unspecified atom stereocenters. The van der Waals surface area contributed by atoms with Crippen LogP contribution in [0.1, 0.15) is 16.0 Å². The van der Waals surface area contributed by atoms with E-state index in [2.05, 4.69) is 29.2 Å². The predicted octanol–water partition coefficient (Wildman–Crippen LogP) is 3.33. The highest BCUT2D eigenvalue weighted by molar-refractivity contribution is 7.11. The molecule has 0 spiro atoms. The van der Waals surface area contributed by atoms with Crippen LogP contribution < -0.4 is 5.73 Å². The summed E-state index contributed by atoms with van der Waals surface area (Å²) in [6, 6.07) is 12.2. The van der Waals surface area contributed by atoms with Crippen molar-refractivity contribution in [2.45, 2.75) is 0 Å². The van der Waals surface area contributed by atoms with Gasteiger partial charge in [-0.25, -0.2) is 0 Å². The van der Waals surface area contributed by atoms with Crippen LogP contribution in [0.15, 0.2) is 59.6 Å². The lowest BCUT2D eigenvalue weighted by molar-refractivity contribution is -0.114. The largest absolute Gasteiger partial charge is 0.366 e. The van der Waals surface area contributed by atoms with Crippen molar-refractivity contribution < 1.29 is 4.79 Å². The van der Waals surface area contributed by atoms with Crippen molar-refractivity contribution in [3.63, 3.8) is 0 Å². The van der Waals surface area contributed by atoms with E-state index in [-0.39, 0.29) is 5.91 Å². The Hall–Kier alpha value is -2.59. The van der Waals surface area contributed by atoms with E-state index in [1.807, 2.05) is 35.9 Å². The SMILES string of the molecule is NC(=O)C1=C2c3sccc3C=CN2CC(c2ccccc2)=C1. The maximum absolute atomic E-state index is 12.0. The number of nitrogens with zero attached hydrogens (tertiary/aromatic N) is 1. The lowest BCUT2D eigenvalue weighted by atomic mass is 9.94. The molecule has 0 saturated carbocycles. The Morgan fingerprint density at radius 2 is 2.00 bits per heavy atom. The Labute approximate surface area is 132 Å². The number of thiophene rings is 1. The molecule has 0 atom stereocenters. The number of fused-ring (bicyclic) bond motifs is 3.